The minimum Gasteiger partial charge on any atom is -0.494 e. The summed E-state index contributed by atoms with van der Waals surface area (Å²) in [5.41, 5.74) is 0.848. The monoisotopic (exact) mass is 553 g/mol. The quantitative estimate of drug-likeness (QED) is 0.475. The SMILES string of the molecule is COc1cc(-c2nc3ccc(N4CC(C)N(C(=O)O)CC(C)(C)C4)cc3c(=O)n2CC(=O)NC(C)C)ccc1F. The molecule has 0 saturated carbocycles. The van der Waals surface area contributed by atoms with Crippen molar-refractivity contribution in [3.05, 3.63) is 52.6 Å². The van der Waals surface area contributed by atoms with Gasteiger partial charge in [0.1, 0.15) is 12.4 Å². The van der Waals surface area contributed by atoms with Crippen molar-refractivity contribution in [1.29, 1.82) is 0 Å². The fourth-order valence-electron chi connectivity index (χ4n) is 5.20. The molecular formula is C29H36FN5O5. The van der Waals surface area contributed by atoms with Gasteiger partial charge in [0.15, 0.2) is 11.6 Å². The number of aromatic nitrogens is 2. The molecule has 4 rings (SSSR count). The maximum atomic E-state index is 14.2. The molecular weight excluding hydrogens is 517 g/mol. The number of hydrogen-bond donors (Lipinski definition) is 2. The summed E-state index contributed by atoms with van der Waals surface area (Å²) in [5.74, 6) is -0.710. The maximum Gasteiger partial charge on any atom is 0.407 e. The number of ether oxygens (including phenoxy) is 1. The van der Waals surface area contributed by atoms with Gasteiger partial charge < -0.3 is 25.0 Å². The number of carbonyl (C=O) groups excluding carboxylic acids is 1. The van der Waals surface area contributed by atoms with Crippen LogP contribution in [-0.4, -0.2) is 70.4 Å². The second kappa shape index (κ2) is 11.1. The first-order valence-electron chi connectivity index (χ1n) is 13.2. The van der Waals surface area contributed by atoms with Crippen molar-refractivity contribution >= 4 is 28.6 Å². The summed E-state index contributed by atoms with van der Waals surface area (Å²) in [6.07, 6.45) is -0.961. The third kappa shape index (κ3) is 6.03. The van der Waals surface area contributed by atoms with Crippen molar-refractivity contribution in [3.63, 3.8) is 0 Å². The van der Waals surface area contributed by atoms with Crippen molar-refractivity contribution < 1.29 is 23.8 Å². The summed E-state index contributed by atoms with van der Waals surface area (Å²) in [6.45, 7) is 10.7. The first-order valence-corrected chi connectivity index (χ1v) is 13.2. The number of fused-ring (bicyclic) bond motifs is 1. The van der Waals surface area contributed by atoms with E-state index in [4.69, 9.17) is 9.72 Å². The van der Waals surface area contributed by atoms with E-state index in [0.29, 0.717) is 36.1 Å². The Morgan fingerprint density at radius 3 is 2.58 bits per heavy atom. The predicted octanol–water partition coefficient (Wildman–Crippen LogP) is 3.95. The van der Waals surface area contributed by atoms with E-state index in [1.807, 2.05) is 40.7 Å². The Morgan fingerprint density at radius 1 is 1.20 bits per heavy atom. The predicted molar refractivity (Wildman–Crippen MR) is 151 cm³/mol. The number of nitrogens with one attached hydrogen (secondary N) is 1. The second-order valence-electron chi connectivity index (χ2n) is 11.4. The van der Waals surface area contributed by atoms with E-state index in [-0.39, 0.29) is 41.5 Å². The molecule has 0 spiro atoms. The van der Waals surface area contributed by atoms with Crippen LogP contribution < -0.4 is 20.5 Å². The molecule has 214 valence electrons. The maximum absolute atomic E-state index is 14.2. The van der Waals surface area contributed by atoms with Gasteiger partial charge in [0.05, 0.1) is 18.0 Å². The van der Waals surface area contributed by atoms with Crippen LogP contribution in [0.1, 0.15) is 34.6 Å². The average molecular weight is 554 g/mol. The van der Waals surface area contributed by atoms with Crippen LogP contribution in [0.5, 0.6) is 5.75 Å². The first kappa shape index (κ1) is 28.8. The number of amides is 2. The summed E-state index contributed by atoms with van der Waals surface area (Å²) in [4.78, 5) is 46.8. The summed E-state index contributed by atoms with van der Waals surface area (Å²) < 4.78 is 20.6. The zero-order chi connectivity index (χ0) is 29.4. The lowest BCUT2D eigenvalue weighted by Gasteiger charge is -2.31. The van der Waals surface area contributed by atoms with Crippen molar-refractivity contribution in [3.8, 4) is 17.1 Å². The Kier molecular flexibility index (Phi) is 8.04. The van der Waals surface area contributed by atoms with Gasteiger partial charge in [-0.1, -0.05) is 13.8 Å². The van der Waals surface area contributed by atoms with E-state index in [9.17, 15) is 23.9 Å². The fraction of sp³-hybridized carbons (Fsp3) is 0.448. The Morgan fingerprint density at radius 2 is 1.93 bits per heavy atom. The molecule has 0 aliphatic carbocycles. The second-order valence-corrected chi connectivity index (χ2v) is 11.4. The van der Waals surface area contributed by atoms with Gasteiger partial charge in [0, 0.05) is 43.0 Å². The minimum atomic E-state index is -0.961. The van der Waals surface area contributed by atoms with Gasteiger partial charge in [-0.15, -0.1) is 0 Å². The normalized spacial score (nSPS) is 17.1. The number of rotatable bonds is 6. The van der Waals surface area contributed by atoms with E-state index in [1.54, 1.807) is 12.1 Å². The van der Waals surface area contributed by atoms with Crippen LogP contribution in [0.3, 0.4) is 0 Å². The van der Waals surface area contributed by atoms with Crippen LogP contribution >= 0.6 is 0 Å². The lowest BCUT2D eigenvalue weighted by Crippen LogP contribution is -2.43. The lowest BCUT2D eigenvalue weighted by atomic mass is 9.92. The smallest absolute Gasteiger partial charge is 0.407 e. The Bertz CT molecular complexity index is 1500. The summed E-state index contributed by atoms with van der Waals surface area (Å²) in [5, 5.41) is 12.8. The minimum absolute atomic E-state index is 0.00585. The van der Waals surface area contributed by atoms with Crippen LogP contribution in [0, 0.1) is 11.2 Å². The molecule has 10 nitrogen and oxygen atoms in total. The number of carboxylic acid groups (broad SMARTS) is 1. The van der Waals surface area contributed by atoms with Gasteiger partial charge in [0.25, 0.3) is 5.56 Å². The molecule has 1 aromatic heterocycles. The van der Waals surface area contributed by atoms with Crippen LogP contribution in [0.15, 0.2) is 41.2 Å². The van der Waals surface area contributed by atoms with Crippen molar-refractivity contribution in [2.24, 2.45) is 5.41 Å². The van der Waals surface area contributed by atoms with Gasteiger partial charge in [-0.3, -0.25) is 14.2 Å². The van der Waals surface area contributed by atoms with E-state index >= 15 is 0 Å². The zero-order valence-corrected chi connectivity index (χ0v) is 23.7. The third-order valence-electron chi connectivity index (χ3n) is 6.94. The Balaban J connectivity index is 1.85. The first-order chi connectivity index (χ1) is 18.8. The van der Waals surface area contributed by atoms with Crippen LogP contribution in [-0.2, 0) is 11.3 Å². The Labute approximate surface area is 232 Å². The van der Waals surface area contributed by atoms with E-state index in [2.05, 4.69) is 10.2 Å². The molecule has 1 saturated heterocycles. The highest BCUT2D eigenvalue weighted by Crippen LogP contribution is 2.31. The highest BCUT2D eigenvalue weighted by molar-refractivity contribution is 5.85. The largest absolute Gasteiger partial charge is 0.494 e. The Hall–Kier alpha value is -4.15. The number of benzene rings is 2. The lowest BCUT2D eigenvalue weighted by molar-refractivity contribution is -0.122. The molecule has 0 bridgehead atoms. The topological polar surface area (TPSA) is 117 Å². The molecule has 1 unspecified atom stereocenters. The number of halogens is 1. The molecule has 2 amide bonds. The van der Waals surface area contributed by atoms with Crippen molar-refractivity contribution in [2.45, 2.75) is 53.2 Å². The van der Waals surface area contributed by atoms with Gasteiger partial charge >= 0.3 is 6.09 Å². The van der Waals surface area contributed by atoms with E-state index < -0.39 is 17.5 Å². The van der Waals surface area contributed by atoms with Crippen LogP contribution in [0.2, 0.25) is 0 Å². The number of methoxy groups -OCH3 is 1. The molecule has 1 aliphatic heterocycles. The highest BCUT2D eigenvalue weighted by atomic mass is 19.1. The molecule has 1 aliphatic rings. The number of nitrogens with zero attached hydrogens (tertiary/aromatic N) is 4. The van der Waals surface area contributed by atoms with E-state index in [0.717, 1.165) is 5.69 Å². The van der Waals surface area contributed by atoms with E-state index in [1.165, 1.54) is 34.8 Å². The molecule has 3 aromatic rings. The molecule has 2 N–H and O–H groups in total. The van der Waals surface area contributed by atoms with Crippen molar-refractivity contribution in [2.75, 3.05) is 31.6 Å². The molecule has 2 heterocycles. The summed E-state index contributed by atoms with van der Waals surface area (Å²) in [7, 11) is 1.35. The van der Waals surface area contributed by atoms with Crippen molar-refractivity contribution in [1.82, 2.24) is 19.8 Å². The molecule has 1 atom stereocenters. The molecule has 40 heavy (non-hydrogen) atoms. The summed E-state index contributed by atoms with van der Waals surface area (Å²) in [6, 6.07) is 9.13. The third-order valence-corrected chi connectivity index (χ3v) is 6.94. The fourth-order valence-corrected chi connectivity index (χ4v) is 5.20. The molecule has 0 radical (unpaired) electrons. The van der Waals surface area contributed by atoms with Gasteiger partial charge in [-0.05, 0) is 62.6 Å². The molecule has 2 aromatic carbocycles. The average Bonchev–Trinajstić information content (AvgIpc) is 3.00. The standard InChI is InChI=1S/C29H36FN5O5/c1-17(2)31-25(36)14-34-26(19-7-9-22(30)24(11-19)40-6)32-23-10-8-20(12-21(23)27(34)37)33-13-18(3)35(28(38)39)16-29(4,5)15-33/h7-12,17-18H,13-16H2,1-6H3,(H,31,36)(H,38,39). The molecule has 1 fully saturated rings. The molecule has 11 heteroatoms. The van der Waals surface area contributed by atoms with Gasteiger partial charge in [0.2, 0.25) is 5.91 Å². The van der Waals surface area contributed by atoms with Crippen LogP contribution in [0.4, 0.5) is 14.9 Å². The number of hydrogen-bond acceptors (Lipinski definition) is 6. The van der Waals surface area contributed by atoms with Gasteiger partial charge in [-0.2, -0.15) is 0 Å². The zero-order valence-electron chi connectivity index (χ0n) is 23.7. The highest BCUT2D eigenvalue weighted by Gasteiger charge is 2.35. The number of anilines is 1. The summed E-state index contributed by atoms with van der Waals surface area (Å²) >= 11 is 0. The van der Waals surface area contributed by atoms with Gasteiger partial charge in [-0.25, -0.2) is 14.2 Å². The van der Waals surface area contributed by atoms with Crippen LogP contribution in [0.25, 0.3) is 22.3 Å². The number of carbonyl (C=O) groups is 2.